The minimum absolute atomic E-state index is 0. The molecule has 5 nitrogen and oxygen atoms in total. The summed E-state index contributed by atoms with van der Waals surface area (Å²) in [6, 6.07) is 48.5. The molecule has 0 atom stereocenters. The maximum absolute atomic E-state index is 6.48. The standard InChI is InChI=1S/C37H32N3O.C15H18NSi.Ir/c1-22(2)30-20-26(25-12-7-6-8-13-25)21-31(23(3)4)34(30)40-36(39-32-19-18-24(5)38-37(32)40)29-16-11-15-28-27-14-9-10-17-33(27)41-35(28)29;1-12-10-14(13-8-6-5-7-9-13)16-11-15(12)17(2,3)4;/h6-15,17-23H,1-5H3;5-8,10-11H,1-4H3;/q2*-1;. The van der Waals surface area contributed by atoms with Crippen LogP contribution < -0.4 is 5.19 Å². The number of benzene rings is 5. The van der Waals surface area contributed by atoms with Gasteiger partial charge in [-0.1, -0.05) is 118 Å². The summed E-state index contributed by atoms with van der Waals surface area (Å²) in [5.74, 6) is 1.33. The van der Waals surface area contributed by atoms with Gasteiger partial charge < -0.3 is 14.0 Å². The Morgan fingerprint density at radius 2 is 1.37 bits per heavy atom. The molecule has 0 aliphatic heterocycles. The van der Waals surface area contributed by atoms with Crippen LogP contribution in [0.3, 0.4) is 0 Å². The summed E-state index contributed by atoms with van der Waals surface area (Å²) in [5, 5.41) is 3.59. The Balaban J connectivity index is 0.000000247. The van der Waals surface area contributed by atoms with Gasteiger partial charge in [0.25, 0.3) is 0 Å². The van der Waals surface area contributed by atoms with Gasteiger partial charge in [-0.3, -0.25) is 4.98 Å². The van der Waals surface area contributed by atoms with Crippen LogP contribution in [-0.2, 0) is 20.1 Å². The van der Waals surface area contributed by atoms with Crippen LogP contribution in [0.1, 0.15) is 61.9 Å². The quantitative estimate of drug-likeness (QED) is 0.118. The predicted molar refractivity (Wildman–Crippen MR) is 245 cm³/mol. The van der Waals surface area contributed by atoms with E-state index in [1.165, 1.54) is 33.0 Å². The molecular formula is C52H50IrN4OSi-2. The van der Waals surface area contributed by atoms with E-state index in [2.05, 4.69) is 155 Å². The SMILES string of the molecule is Cc1cc(-c2[c-]cccc2)ncc1[Si](C)(C)C.Cc1ccc2nc(-c3[c-]ccc4c3oc3ccccc34)n(-c3c(C(C)C)cc(-c4ccccc4)cc3C(C)C)c2n1.[Ir]. The Labute approximate surface area is 363 Å². The summed E-state index contributed by atoms with van der Waals surface area (Å²) < 4.78 is 8.74. The number of pyridine rings is 2. The van der Waals surface area contributed by atoms with Crippen molar-refractivity contribution in [2.75, 3.05) is 0 Å². The largest absolute Gasteiger partial charge is 0.501 e. The van der Waals surface area contributed by atoms with Crippen LogP contribution in [-0.4, -0.2) is 27.6 Å². The number of fused-ring (bicyclic) bond motifs is 4. The van der Waals surface area contributed by atoms with Crippen LogP contribution in [0, 0.1) is 26.0 Å². The van der Waals surface area contributed by atoms with Crippen LogP contribution in [0.4, 0.5) is 0 Å². The molecule has 7 heteroatoms. The Morgan fingerprint density at radius 1 is 0.678 bits per heavy atom. The molecule has 0 N–H and O–H groups in total. The molecule has 0 aliphatic rings. The number of imidazole rings is 1. The normalized spacial score (nSPS) is 11.6. The first-order chi connectivity index (χ1) is 27.9. The van der Waals surface area contributed by atoms with Gasteiger partial charge in [-0.2, -0.15) is 0 Å². The smallest absolute Gasteiger partial charge is 0.155 e. The second-order valence-electron chi connectivity index (χ2n) is 16.8. The number of rotatable bonds is 7. The third-order valence-electron chi connectivity index (χ3n) is 10.9. The van der Waals surface area contributed by atoms with E-state index in [1.54, 1.807) is 0 Å². The molecule has 4 aromatic heterocycles. The first kappa shape index (κ1) is 41.7. The van der Waals surface area contributed by atoms with Crippen LogP contribution >= 0.6 is 0 Å². The van der Waals surface area contributed by atoms with E-state index in [4.69, 9.17) is 14.4 Å². The second kappa shape index (κ2) is 17.0. The van der Waals surface area contributed by atoms with E-state index >= 15 is 0 Å². The summed E-state index contributed by atoms with van der Waals surface area (Å²) in [6.07, 6.45) is 2.05. The maximum Gasteiger partial charge on any atom is 0.155 e. The number of aryl methyl sites for hydroxylation is 2. The zero-order chi connectivity index (χ0) is 40.7. The molecule has 9 rings (SSSR count). The molecule has 4 heterocycles. The Kier molecular flexibility index (Phi) is 12.0. The maximum atomic E-state index is 6.48. The minimum atomic E-state index is -1.27. The van der Waals surface area contributed by atoms with Gasteiger partial charge in [0.1, 0.15) is 5.58 Å². The third kappa shape index (κ3) is 8.25. The fourth-order valence-electron chi connectivity index (χ4n) is 7.94. The summed E-state index contributed by atoms with van der Waals surface area (Å²) >= 11 is 0. The molecule has 0 unspecified atom stereocenters. The van der Waals surface area contributed by atoms with E-state index in [-0.39, 0.29) is 31.9 Å². The molecule has 0 saturated carbocycles. The summed E-state index contributed by atoms with van der Waals surface area (Å²) in [6.45, 7) is 20.3. The van der Waals surface area contributed by atoms with Gasteiger partial charge in [-0.25, -0.2) is 4.98 Å². The van der Waals surface area contributed by atoms with Gasteiger partial charge in [-0.05, 0) is 89.1 Å². The van der Waals surface area contributed by atoms with Crippen LogP contribution in [0.15, 0.2) is 132 Å². The molecule has 0 aliphatic carbocycles. The van der Waals surface area contributed by atoms with Crippen molar-refractivity contribution in [3.8, 4) is 39.5 Å². The first-order valence-electron chi connectivity index (χ1n) is 20.2. The third-order valence-corrected chi connectivity index (χ3v) is 13.0. The van der Waals surface area contributed by atoms with Crippen LogP contribution in [0.25, 0.3) is 72.6 Å². The molecule has 0 bridgehead atoms. The van der Waals surface area contributed by atoms with Gasteiger partial charge in [-0.15, -0.1) is 54.1 Å². The summed E-state index contributed by atoms with van der Waals surface area (Å²) in [5.41, 5.74) is 14.7. The molecule has 0 saturated heterocycles. The van der Waals surface area contributed by atoms with E-state index in [9.17, 15) is 0 Å². The van der Waals surface area contributed by atoms with Gasteiger partial charge in [0.15, 0.2) is 5.65 Å². The van der Waals surface area contributed by atoms with Gasteiger partial charge >= 0.3 is 0 Å². The Hall–Kier alpha value is -5.46. The Bertz CT molecular complexity index is 2880. The average molecular weight is 967 g/mol. The monoisotopic (exact) mass is 967 g/mol. The predicted octanol–water partition coefficient (Wildman–Crippen LogP) is 13.4. The molecule has 0 spiro atoms. The summed E-state index contributed by atoms with van der Waals surface area (Å²) in [4.78, 5) is 14.8. The zero-order valence-electron chi connectivity index (χ0n) is 35.3. The fourth-order valence-corrected chi connectivity index (χ4v) is 9.65. The number of hydrogen-bond acceptors (Lipinski definition) is 4. The van der Waals surface area contributed by atoms with Crippen molar-refractivity contribution in [1.29, 1.82) is 0 Å². The molecule has 1 radical (unpaired) electrons. The van der Waals surface area contributed by atoms with Gasteiger partial charge in [0, 0.05) is 43.1 Å². The van der Waals surface area contributed by atoms with Crippen molar-refractivity contribution in [2.24, 2.45) is 0 Å². The molecule has 59 heavy (non-hydrogen) atoms. The number of furan rings is 1. The van der Waals surface area contributed by atoms with E-state index in [1.807, 2.05) is 55.5 Å². The van der Waals surface area contributed by atoms with Crippen LogP contribution in [0.5, 0.6) is 0 Å². The molecular weight excluding hydrogens is 917 g/mol. The van der Waals surface area contributed by atoms with Gasteiger partial charge in [0.05, 0.1) is 25.0 Å². The minimum Gasteiger partial charge on any atom is -0.501 e. The van der Waals surface area contributed by atoms with Crippen molar-refractivity contribution in [3.05, 3.63) is 162 Å². The van der Waals surface area contributed by atoms with Crippen molar-refractivity contribution < 1.29 is 24.5 Å². The number of aromatic nitrogens is 4. The first-order valence-corrected chi connectivity index (χ1v) is 23.7. The number of para-hydroxylation sites is 1. The van der Waals surface area contributed by atoms with Crippen molar-refractivity contribution in [2.45, 2.75) is 73.0 Å². The average Bonchev–Trinajstić information content (AvgIpc) is 3.79. The fraction of sp³-hybridized carbons (Fsp3) is 0.212. The van der Waals surface area contributed by atoms with E-state index < -0.39 is 8.07 Å². The van der Waals surface area contributed by atoms with Crippen molar-refractivity contribution in [1.82, 2.24) is 19.5 Å². The summed E-state index contributed by atoms with van der Waals surface area (Å²) in [7, 11) is -1.27. The number of nitrogens with zero attached hydrogens (tertiary/aromatic N) is 4. The molecule has 9 aromatic rings. The second-order valence-corrected chi connectivity index (χ2v) is 21.9. The topological polar surface area (TPSA) is 56.7 Å². The molecule has 299 valence electrons. The van der Waals surface area contributed by atoms with E-state index in [0.29, 0.717) is 0 Å². The van der Waals surface area contributed by atoms with Crippen molar-refractivity contribution >= 4 is 46.4 Å². The Morgan fingerprint density at radius 3 is 2.03 bits per heavy atom. The van der Waals surface area contributed by atoms with E-state index in [0.717, 1.165) is 67.1 Å². The van der Waals surface area contributed by atoms with Gasteiger partial charge in [0.2, 0.25) is 0 Å². The van der Waals surface area contributed by atoms with Crippen molar-refractivity contribution in [3.63, 3.8) is 0 Å². The zero-order valence-corrected chi connectivity index (χ0v) is 38.7. The van der Waals surface area contributed by atoms with Crippen LogP contribution in [0.2, 0.25) is 19.6 Å². The number of hydrogen-bond donors (Lipinski definition) is 0. The molecule has 5 aromatic carbocycles. The molecule has 0 amide bonds. The molecule has 0 fully saturated rings.